The third kappa shape index (κ3) is 6.47. The molecule has 0 unspecified atom stereocenters. The van der Waals surface area contributed by atoms with E-state index in [1.807, 2.05) is 59.5 Å². The van der Waals surface area contributed by atoms with E-state index in [4.69, 9.17) is 4.74 Å². The molecule has 2 aliphatic heterocycles. The molecule has 2 saturated heterocycles. The van der Waals surface area contributed by atoms with Crippen molar-refractivity contribution in [1.29, 1.82) is 0 Å². The average molecular weight is 537 g/mol. The van der Waals surface area contributed by atoms with Crippen molar-refractivity contribution in [3.8, 4) is 17.6 Å². The first-order valence-electron chi connectivity index (χ1n) is 13.9. The molecule has 3 aromatic rings. The lowest BCUT2D eigenvalue weighted by Gasteiger charge is -2.57. The summed E-state index contributed by atoms with van der Waals surface area (Å²) in [6, 6.07) is 26.0. The molecule has 7 nitrogen and oxygen atoms in total. The molecule has 40 heavy (non-hydrogen) atoms. The third-order valence-electron chi connectivity index (χ3n) is 7.79. The van der Waals surface area contributed by atoms with Crippen molar-refractivity contribution in [3.63, 3.8) is 0 Å². The number of ether oxygens (including phenoxy) is 1. The Morgan fingerprint density at radius 3 is 2.25 bits per heavy atom. The van der Waals surface area contributed by atoms with Crippen LogP contribution in [0, 0.1) is 11.8 Å². The molecule has 2 fully saturated rings. The molecular formula is C33H36N4O3. The lowest BCUT2D eigenvalue weighted by atomic mass is 9.73. The molecule has 3 atom stereocenters. The summed E-state index contributed by atoms with van der Waals surface area (Å²) >= 11 is 0. The van der Waals surface area contributed by atoms with Gasteiger partial charge in [-0.15, -0.1) is 0 Å². The van der Waals surface area contributed by atoms with E-state index in [2.05, 4.69) is 51.6 Å². The fourth-order valence-electron chi connectivity index (χ4n) is 5.73. The number of rotatable bonds is 5. The predicted octanol–water partition coefficient (Wildman–Crippen LogP) is 4.70. The van der Waals surface area contributed by atoms with E-state index < -0.39 is 0 Å². The number of anilines is 1. The minimum atomic E-state index is -0.0948. The van der Waals surface area contributed by atoms with Crippen LogP contribution in [0.2, 0.25) is 0 Å². The fraction of sp³-hybridized carbons (Fsp3) is 0.333. The summed E-state index contributed by atoms with van der Waals surface area (Å²) in [5, 5.41) is 6.09. The van der Waals surface area contributed by atoms with Crippen LogP contribution in [-0.4, -0.2) is 67.1 Å². The Labute approximate surface area is 236 Å². The van der Waals surface area contributed by atoms with Gasteiger partial charge in [-0.3, -0.25) is 9.69 Å². The number of carbonyl (C=O) groups is 2. The van der Waals surface area contributed by atoms with E-state index in [0.29, 0.717) is 19.6 Å². The van der Waals surface area contributed by atoms with Gasteiger partial charge in [0.1, 0.15) is 5.75 Å². The Kier molecular flexibility index (Phi) is 8.68. The lowest BCUT2D eigenvalue weighted by molar-refractivity contribution is -0.120. The van der Waals surface area contributed by atoms with Crippen molar-refractivity contribution >= 4 is 17.6 Å². The number of benzene rings is 3. The zero-order chi connectivity index (χ0) is 27.9. The molecule has 0 radical (unpaired) electrons. The molecule has 0 aromatic heterocycles. The second-order valence-electron chi connectivity index (χ2n) is 10.4. The second-order valence-corrected chi connectivity index (χ2v) is 10.4. The Balaban J connectivity index is 1.34. The van der Waals surface area contributed by atoms with Crippen molar-refractivity contribution in [3.05, 3.63) is 95.6 Å². The van der Waals surface area contributed by atoms with Gasteiger partial charge in [0, 0.05) is 61.4 Å². The summed E-state index contributed by atoms with van der Waals surface area (Å²) in [6.07, 6.45) is 1.94. The van der Waals surface area contributed by atoms with Crippen LogP contribution in [0.1, 0.15) is 42.4 Å². The summed E-state index contributed by atoms with van der Waals surface area (Å²) in [4.78, 5) is 29.5. The number of nitrogens with one attached hydrogen (secondary N) is 2. The van der Waals surface area contributed by atoms with Crippen LogP contribution in [0.5, 0.6) is 5.75 Å². The summed E-state index contributed by atoms with van der Waals surface area (Å²) in [5.74, 6) is 7.39. The van der Waals surface area contributed by atoms with Gasteiger partial charge < -0.3 is 20.3 Å². The monoisotopic (exact) mass is 536 g/mol. The highest BCUT2D eigenvalue weighted by Crippen LogP contribution is 2.42. The first-order chi connectivity index (χ1) is 19.5. The van der Waals surface area contributed by atoms with Gasteiger partial charge in [-0.2, -0.15) is 0 Å². The quantitative estimate of drug-likeness (QED) is 0.464. The Morgan fingerprint density at radius 1 is 0.900 bits per heavy atom. The maximum absolute atomic E-state index is 13.3. The average Bonchev–Trinajstić information content (AvgIpc) is 2.96. The van der Waals surface area contributed by atoms with Gasteiger partial charge in [0.2, 0.25) is 5.91 Å². The number of urea groups is 1. The fourth-order valence-corrected chi connectivity index (χ4v) is 5.73. The second kappa shape index (κ2) is 12.7. The van der Waals surface area contributed by atoms with Gasteiger partial charge >= 0.3 is 6.03 Å². The van der Waals surface area contributed by atoms with Gasteiger partial charge in [0.15, 0.2) is 0 Å². The number of carbonyl (C=O) groups excluding carboxylic acids is 2. The Hall–Kier alpha value is -4.28. The van der Waals surface area contributed by atoms with Gasteiger partial charge in [0.25, 0.3) is 0 Å². The van der Waals surface area contributed by atoms with Crippen LogP contribution in [0.4, 0.5) is 10.5 Å². The highest BCUT2D eigenvalue weighted by Gasteiger charge is 2.49. The smallest absolute Gasteiger partial charge is 0.321 e. The molecule has 0 aliphatic carbocycles. The number of fused-ring (bicyclic) bond motifs is 1. The number of nitrogens with zero attached hydrogens (tertiary/aromatic N) is 2. The standard InChI is InChI=1S/C33H36N4O3/c1-24(38)34-22-30-32(27-14-12-26(13-15-27)11-10-25-8-4-3-5-9-25)31-23-36(20-6-7-21-37(30)31)33(39)35-28-16-18-29(40-2)19-17-28/h3-5,8-9,12-19,30-32H,6-7,20-23H2,1-2H3,(H,34,38)(H,35,39)/t30-,31+,32+/m1/s1. The maximum Gasteiger partial charge on any atom is 0.321 e. The molecule has 3 amide bonds. The van der Waals surface area contributed by atoms with Crippen molar-refractivity contribution in [2.45, 2.75) is 37.8 Å². The topological polar surface area (TPSA) is 73.9 Å². The molecular weight excluding hydrogens is 500 g/mol. The van der Waals surface area contributed by atoms with Crippen LogP contribution < -0.4 is 15.4 Å². The molecule has 0 bridgehead atoms. The molecule has 2 aliphatic rings. The van der Waals surface area contributed by atoms with Crippen LogP contribution in [0.15, 0.2) is 78.9 Å². The van der Waals surface area contributed by atoms with Crippen LogP contribution >= 0.6 is 0 Å². The van der Waals surface area contributed by atoms with E-state index in [1.165, 1.54) is 5.56 Å². The summed E-state index contributed by atoms with van der Waals surface area (Å²) < 4.78 is 5.23. The minimum Gasteiger partial charge on any atom is -0.497 e. The van der Waals surface area contributed by atoms with Gasteiger partial charge in [-0.1, -0.05) is 42.2 Å². The van der Waals surface area contributed by atoms with Crippen molar-refractivity contribution < 1.29 is 14.3 Å². The normalized spacial score (nSPS) is 20.4. The van der Waals surface area contributed by atoms with Crippen molar-refractivity contribution in [2.24, 2.45) is 0 Å². The van der Waals surface area contributed by atoms with E-state index in [1.54, 1.807) is 14.0 Å². The zero-order valence-electron chi connectivity index (χ0n) is 23.1. The molecule has 7 heteroatoms. The van der Waals surface area contributed by atoms with Crippen molar-refractivity contribution in [1.82, 2.24) is 15.1 Å². The van der Waals surface area contributed by atoms with Crippen LogP contribution in [-0.2, 0) is 4.79 Å². The Morgan fingerprint density at radius 2 is 1.57 bits per heavy atom. The predicted molar refractivity (Wildman–Crippen MR) is 157 cm³/mol. The first-order valence-corrected chi connectivity index (χ1v) is 13.9. The first kappa shape index (κ1) is 27.3. The lowest BCUT2D eigenvalue weighted by Crippen LogP contribution is -2.69. The summed E-state index contributed by atoms with van der Waals surface area (Å²) in [5.41, 5.74) is 3.89. The highest BCUT2D eigenvalue weighted by atomic mass is 16.5. The molecule has 0 spiro atoms. The van der Waals surface area contributed by atoms with Gasteiger partial charge in [0.05, 0.1) is 7.11 Å². The Bertz CT molecular complexity index is 1360. The largest absolute Gasteiger partial charge is 0.497 e. The number of amides is 3. The molecule has 5 rings (SSSR count). The number of hydrogen-bond donors (Lipinski definition) is 2. The SMILES string of the molecule is COc1ccc(NC(=O)N2CCCCN3[C@H](CNC(C)=O)[C@H](c4ccc(C#Cc5ccccc5)cc4)[C@@H]3C2)cc1. The maximum atomic E-state index is 13.3. The van der Waals surface area contributed by atoms with E-state index in [-0.39, 0.29) is 29.9 Å². The molecule has 2 heterocycles. The zero-order valence-corrected chi connectivity index (χ0v) is 23.1. The van der Waals surface area contributed by atoms with E-state index >= 15 is 0 Å². The van der Waals surface area contributed by atoms with E-state index in [9.17, 15) is 9.59 Å². The van der Waals surface area contributed by atoms with Crippen molar-refractivity contribution in [2.75, 3.05) is 38.6 Å². The van der Waals surface area contributed by atoms with E-state index in [0.717, 1.165) is 42.0 Å². The number of methoxy groups -OCH3 is 1. The van der Waals surface area contributed by atoms with Gasteiger partial charge in [-0.25, -0.2) is 4.79 Å². The third-order valence-corrected chi connectivity index (χ3v) is 7.79. The summed E-state index contributed by atoms with van der Waals surface area (Å²) in [6.45, 7) is 4.44. The van der Waals surface area contributed by atoms with Crippen LogP contribution in [0.3, 0.4) is 0 Å². The number of hydrogen-bond acceptors (Lipinski definition) is 4. The van der Waals surface area contributed by atoms with Crippen LogP contribution in [0.25, 0.3) is 0 Å². The summed E-state index contributed by atoms with van der Waals surface area (Å²) in [7, 11) is 1.62. The molecule has 3 aromatic carbocycles. The molecule has 206 valence electrons. The molecule has 2 N–H and O–H groups in total. The molecule has 0 saturated carbocycles. The van der Waals surface area contributed by atoms with Gasteiger partial charge in [-0.05, 0) is 73.5 Å². The highest BCUT2D eigenvalue weighted by molar-refractivity contribution is 5.89. The minimum absolute atomic E-state index is 0.0266.